The quantitative estimate of drug-likeness (QED) is 0.344. The Bertz CT molecular complexity index is 410. The standard InChI is InChI=1S/C12H19ClN4O3/c13-12(11(8-14)17(18)19)15-9-1-2-10(7-9)16-3-5-20-6-4-16/h8-10,14-15H,1-7H2/b12-11+,14-8?. The number of hydrogen-bond donors (Lipinski definition) is 2. The monoisotopic (exact) mass is 302 g/mol. The van der Waals surface area contributed by atoms with Gasteiger partial charge in [-0.25, -0.2) is 0 Å². The molecular formula is C12H19ClN4O3. The van der Waals surface area contributed by atoms with Gasteiger partial charge in [0.15, 0.2) is 5.16 Å². The van der Waals surface area contributed by atoms with Crippen LogP contribution in [0.1, 0.15) is 19.3 Å². The molecule has 20 heavy (non-hydrogen) atoms. The van der Waals surface area contributed by atoms with Gasteiger partial charge in [0.05, 0.1) is 24.4 Å². The second kappa shape index (κ2) is 7.01. The summed E-state index contributed by atoms with van der Waals surface area (Å²) < 4.78 is 5.34. The van der Waals surface area contributed by atoms with Gasteiger partial charge in [0, 0.05) is 25.2 Å². The van der Waals surface area contributed by atoms with E-state index in [1.54, 1.807) is 0 Å². The Labute approximate surface area is 122 Å². The molecule has 2 rings (SSSR count). The Morgan fingerprint density at radius 2 is 2.15 bits per heavy atom. The number of nitrogens with one attached hydrogen (secondary N) is 2. The maximum Gasteiger partial charge on any atom is 0.321 e. The molecule has 0 aromatic heterocycles. The summed E-state index contributed by atoms with van der Waals surface area (Å²) in [4.78, 5) is 12.5. The summed E-state index contributed by atoms with van der Waals surface area (Å²) in [7, 11) is 0. The van der Waals surface area contributed by atoms with Crippen LogP contribution in [-0.2, 0) is 4.74 Å². The first kappa shape index (κ1) is 15.2. The van der Waals surface area contributed by atoms with Crippen LogP contribution in [-0.4, -0.2) is 54.4 Å². The molecule has 2 fully saturated rings. The molecule has 0 aromatic carbocycles. The molecule has 2 aliphatic rings. The molecular weight excluding hydrogens is 284 g/mol. The average Bonchev–Trinajstić information content (AvgIpc) is 2.88. The van der Waals surface area contributed by atoms with E-state index in [2.05, 4.69) is 10.2 Å². The molecule has 2 N–H and O–H groups in total. The molecule has 0 aromatic rings. The Hall–Kier alpha value is -1.18. The lowest BCUT2D eigenvalue weighted by Crippen LogP contribution is -2.43. The highest BCUT2D eigenvalue weighted by molar-refractivity contribution is 6.30. The minimum absolute atomic E-state index is 0.0439. The van der Waals surface area contributed by atoms with Crippen LogP contribution in [0, 0.1) is 15.5 Å². The number of halogens is 1. The van der Waals surface area contributed by atoms with E-state index in [4.69, 9.17) is 21.7 Å². The van der Waals surface area contributed by atoms with E-state index in [-0.39, 0.29) is 16.9 Å². The number of nitro groups is 1. The lowest BCUT2D eigenvalue weighted by atomic mass is 10.2. The summed E-state index contributed by atoms with van der Waals surface area (Å²) in [5.41, 5.74) is -0.388. The maximum absolute atomic E-state index is 10.7. The Balaban J connectivity index is 1.89. The van der Waals surface area contributed by atoms with Crippen LogP contribution in [0.3, 0.4) is 0 Å². The average molecular weight is 303 g/mol. The SMILES string of the molecule is N=C/C(=C(/Cl)NC1CCC(N2CCOCC2)C1)[N+](=O)[O-]. The molecule has 0 radical (unpaired) electrons. The second-order valence-electron chi connectivity index (χ2n) is 5.06. The highest BCUT2D eigenvalue weighted by atomic mass is 35.5. The van der Waals surface area contributed by atoms with Crippen molar-refractivity contribution >= 4 is 17.8 Å². The Kier molecular flexibility index (Phi) is 5.33. The summed E-state index contributed by atoms with van der Waals surface area (Å²) in [5.74, 6) is 0. The van der Waals surface area contributed by atoms with Crippen molar-refractivity contribution in [3.8, 4) is 0 Å². The first-order valence-corrected chi connectivity index (χ1v) is 7.12. The van der Waals surface area contributed by atoms with Gasteiger partial charge < -0.3 is 15.5 Å². The summed E-state index contributed by atoms with van der Waals surface area (Å²) >= 11 is 5.90. The highest BCUT2D eigenvalue weighted by Gasteiger charge is 2.31. The molecule has 1 aliphatic carbocycles. The van der Waals surface area contributed by atoms with Crippen molar-refractivity contribution in [1.29, 1.82) is 5.41 Å². The molecule has 0 amide bonds. The predicted molar refractivity (Wildman–Crippen MR) is 75.6 cm³/mol. The predicted octanol–water partition coefficient (Wildman–Crippen LogP) is 1.16. The van der Waals surface area contributed by atoms with E-state index in [0.717, 1.165) is 45.6 Å². The number of ether oxygens (including phenoxy) is 1. The van der Waals surface area contributed by atoms with Crippen LogP contribution >= 0.6 is 11.6 Å². The van der Waals surface area contributed by atoms with Crippen molar-refractivity contribution in [2.45, 2.75) is 31.3 Å². The lowest BCUT2D eigenvalue weighted by molar-refractivity contribution is -0.415. The van der Waals surface area contributed by atoms with E-state index in [0.29, 0.717) is 12.3 Å². The number of rotatable bonds is 5. The zero-order valence-electron chi connectivity index (χ0n) is 11.2. The van der Waals surface area contributed by atoms with Crippen molar-refractivity contribution in [2.75, 3.05) is 26.3 Å². The van der Waals surface area contributed by atoms with Crippen LogP contribution in [0.2, 0.25) is 0 Å². The van der Waals surface area contributed by atoms with Crippen molar-refractivity contribution in [3.63, 3.8) is 0 Å². The highest BCUT2D eigenvalue weighted by Crippen LogP contribution is 2.26. The molecule has 1 heterocycles. The molecule has 0 bridgehead atoms. The van der Waals surface area contributed by atoms with Crippen LogP contribution in [0.5, 0.6) is 0 Å². The first-order valence-electron chi connectivity index (χ1n) is 6.74. The molecule has 2 atom stereocenters. The molecule has 1 saturated carbocycles. The topological polar surface area (TPSA) is 91.5 Å². The van der Waals surface area contributed by atoms with Gasteiger partial charge in [0.1, 0.15) is 0 Å². The first-order chi connectivity index (χ1) is 9.61. The fourth-order valence-electron chi connectivity index (χ4n) is 2.81. The van der Waals surface area contributed by atoms with Crippen LogP contribution in [0.25, 0.3) is 0 Å². The van der Waals surface area contributed by atoms with E-state index in [1.165, 1.54) is 0 Å². The van der Waals surface area contributed by atoms with Gasteiger partial charge in [0.2, 0.25) is 0 Å². The second-order valence-corrected chi connectivity index (χ2v) is 5.44. The minimum atomic E-state index is -0.642. The number of nitrogens with zero attached hydrogens (tertiary/aromatic N) is 2. The van der Waals surface area contributed by atoms with Crippen molar-refractivity contribution in [2.24, 2.45) is 0 Å². The van der Waals surface area contributed by atoms with Gasteiger partial charge in [0.25, 0.3) is 0 Å². The van der Waals surface area contributed by atoms with E-state index in [1.807, 2.05) is 0 Å². The molecule has 7 nitrogen and oxygen atoms in total. The van der Waals surface area contributed by atoms with Crippen LogP contribution in [0.15, 0.2) is 10.9 Å². The van der Waals surface area contributed by atoms with Gasteiger partial charge in [-0.3, -0.25) is 15.0 Å². The summed E-state index contributed by atoms with van der Waals surface area (Å²) in [6, 6.07) is 0.616. The number of hydrogen-bond acceptors (Lipinski definition) is 6. The molecule has 112 valence electrons. The zero-order chi connectivity index (χ0) is 14.5. The third-order valence-corrected chi connectivity index (χ3v) is 4.16. The van der Waals surface area contributed by atoms with Gasteiger partial charge in [-0.15, -0.1) is 0 Å². The van der Waals surface area contributed by atoms with E-state index >= 15 is 0 Å². The summed E-state index contributed by atoms with van der Waals surface area (Å²) in [5, 5.41) is 20.7. The minimum Gasteiger partial charge on any atom is -0.379 e. The number of allylic oxidation sites excluding steroid dienone is 1. The van der Waals surface area contributed by atoms with Gasteiger partial charge in [-0.05, 0) is 19.3 Å². The van der Waals surface area contributed by atoms with Crippen molar-refractivity contribution < 1.29 is 9.66 Å². The fraction of sp³-hybridized carbons (Fsp3) is 0.750. The maximum atomic E-state index is 10.7. The van der Waals surface area contributed by atoms with Gasteiger partial charge in [-0.1, -0.05) is 11.6 Å². The van der Waals surface area contributed by atoms with Crippen LogP contribution < -0.4 is 5.32 Å². The third kappa shape index (κ3) is 3.68. The van der Waals surface area contributed by atoms with Crippen molar-refractivity contribution in [1.82, 2.24) is 10.2 Å². The fourth-order valence-corrected chi connectivity index (χ4v) is 3.09. The summed E-state index contributed by atoms with van der Waals surface area (Å²) in [6.07, 6.45) is 3.57. The Morgan fingerprint density at radius 1 is 1.45 bits per heavy atom. The molecule has 2 unspecified atom stereocenters. The molecule has 0 spiro atoms. The summed E-state index contributed by atoms with van der Waals surface area (Å²) in [6.45, 7) is 3.44. The van der Waals surface area contributed by atoms with Crippen LogP contribution in [0.4, 0.5) is 0 Å². The van der Waals surface area contributed by atoms with E-state index < -0.39 is 4.92 Å². The molecule has 1 aliphatic heterocycles. The Morgan fingerprint density at radius 3 is 2.75 bits per heavy atom. The number of morpholine rings is 1. The van der Waals surface area contributed by atoms with E-state index in [9.17, 15) is 10.1 Å². The zero-order valence-corrected chi connectivity index (χ0v) is 11.9. The van der Waals surface area contributed by atoms with Crippen molar-refractivity contribution in [3.05, 3.63) is 21.0 Å². The molecule has 1 saturated heterocycles. The smallest absolute Gasteiger partial charge is 0.321 e. The normalized spacial score (nSPS) is 28.9. The van der Waals surface area contributed by atoms with Gasteiger partial charge >= 0.3 is 5.70 Å². The van der Waals surface area contributed by atoms with Gasteiger partial charge in [-0.2, -0.15) is 0 Å². The lowest BCUT2D eigenvalue weighted by Gasteiger charge is -2.32. The molecule has 8 heteroatoms. The third-order valence-electron chi connectivity index (χ3n) is 3.86. The largest absolute Gasteiger partial charge is 0.379 e.